The second-order valence-electron chi connectivity index (χ2n) is 4.15. The SMILES string of the molecule is CC(C)S(=O)(=O)CCOc1ccc(Br)c(CBr)c1. The molecule has 0 aliphatic heterocycles. The number of sulfone groups is 1. The van der Waals surface area contributed by atoms with Gasteiger partial charge < -0.3 is 4.74 Å². The van der Waals surface area contributed by atoms with Crippen molar-refractivity contribution in [3.05, 3.63) is 28.2 Å². The van der Waals surface area contributed by atoms with E-state index in [1.165, 1.54) is 0 Å². The maximum atomic E-state index is 11.6. The Balaban J connectivity index is 2.60. The monoisotopic (exact) mass is 398 g/mol. The number of hydrogen-bond donors (Lipinski definition) is 0. The topological polar surface area (TPSA) is 43.4 Å². The lowest BCUT2D eigenvalue weighted by Crippen LogP contribution is -2.22. The lowest BCUT2D eigenvalue weighted by Gasteiger charge is -2.10. The lowest BCUT2D eigenvalue weighted by atomic mass is 10.2. The number of rotatable bonds is 6. The molecule has 102 valence electrons. The molecule has 18 heavy (non-hydrogen) atoms. The van der Waals surface area contributed by atoms with Crippen LogP contribution in [0.2, 0.25) is 0 Å². The van der Waals surface area contributed by atoms with Crippen LogP contribution in [-0.4, -0.2) is 26.0 Å². The summed E-state index contributed by atoms with van der Waals surface area (Å²) in [5, 5.41) is 0.360. The van der Waals surface area contributed by atoms with Crippen LogP contribution in [0.15, 0.2) is 22.7 Å². The van der Waals surface area contributed by atoms with Crippen molar-refractivity contribution in [1.29, 1.82) is 0 Å². The van der Waals surface area contributed by atoms with Crippen molar-refractivity contribution in [1.82, 2.24) is 0 Å². The summed E-state index contributed by atoms with van der Waals surface area (Å²) >= 11 is 6.81. The third-order valence-corrected chi connectivity index (χ3v) is 6.07. The molecule has 6 heteroatoms. The summed E-state index contributed by atoms with van der Waals surface area (Å²) in [6.07, 6.45) is 0. The Bertz CT molecular complexity index is 498. The molecule has 0 spiro atoms. The second kappa shape index (κ2) is 6.91. The minimum Gasteiger partial charge on any atom is -0.493 e. The second-order valence-corrected chi connectivity index (χ2v) is 8.24. The molecule has 0 aromatic heterocycles. The van der Waals surface area contributed by atoms with Crippen LogP contribution in [-0.2, 0) is 15.2 Å². The molecule has 0 aliphatic carbocycles. The number of benzene rings is 1. The first kappa shape index (κ1) is 16.0. The van der Waals surface area contributed by atoms with E-state index >= 15 is 0 Å². The molecular formula is C12H16Br2O3S. The Kier molecular flexibility index (Phi) is 6.14. The van der Waals surface area contributed by atoms with Crippen LogP contribution < -0.4 is 4.74 Å². The van der Waals surface area contributed by atoms with Crippen molar-refractivity contribution < 1.29 is 13.2 Å². The average Bonchev–Trinajstić information content (AvgIpc) is 2.31. The molecule has 0 fully saturated rings. The molecule has 0 atom stereocenters. The van der Waals surface area contributed by atoms with Crippen LogP contribution in [0.1, 0.15) is 19.4 Å². The molecule has 0 bridgehead atoms. The van der Waals surface area contributed by atoms with Gasteiger partial charge in [0.15, 0.2) is 9.84 Å². The highest BCUT2D eigenvalue weighted by atomic mass is 79.9. The van der Waals surface area contributed by atoms with Crippen LogP contribution in [0.3, 0.4) is 0 Å². The van der Waals surface area contributed by atoms with Gasteiger partial charge in [-0.1, -0.05) is 31.9 Å². The molecule has 0 heterocycles. The van der Waals surface area contributed by atoms with Crippen molar-refractivity contribution in [3.8, 4) is 5.75 Å². The highest BCUT2D eigenvalue weighted by molar-refractivity contribution is 9.10. The number of hydrogen-bond acceptors (Lipinski definition) is 3. The van der Waals surface area contributed by atoms with E-state index in [4.69, 9.17) is 4.74 Å². The molecule has 0 radical (unpaired) electrons. The Morgan fingerprint density at radius 3 is 2.56 bits per heavy atom. The van der Waals surface area contributed by atoms with E-state index in [1.54, 1.807) is 13.8 Å². The van der Waals surface area contributed by atoms with Gasteiger partial charge in [-0.2, -0.15) is 0 Å². The number of halogens is 2. The molecule has 0 saturated heterocycles. The quantitative estimate of drug-likeness (QED) is 0.687. The van der Waals surface area contributed by atoms with E-state index in [9.17, 15) is 8.42 Å². The van der Waals surface area contributed by atoms with E-state index in [0.717, 1.165) is 15.4 Å². The fraction of sp³-hybridized carbons (Fsp3) is 0.500. The smallest absolute Gasteiger partial charge is 0.155 e. The minimum atomic E-state index is -3.04. The first-order valence-electron chi connectivity index (χ1n) is 5.55. The van der Waals surface area contributed by atoms with Gasteiger partial charge in [0.1, 0.15) is 12.4 Å². The summed E-state index contributed by atoms with van der Waals surface area (Å²) in [5.41, 5.74) is 1.07. The Morgan fingerprint density at radius 2 is 2.00 bits per heavy atom. The summed E-state index contributed by atoms with van der Waals surface area (Å²) in [6.45, 7) is 3.54. The fourth-order valence-corrected chi connectivity index (χ4v) is 3.27. The van der Waals surface area contributed by atoms with Gasteiger partial charge in [-0.3, -0.25) is 0 Å². The summed E-state index contributed by atoms with van der Waals surface area (Å²) in [5.74, 6) is 0.733. The van der Waals surface area contributed by atoms with E-state index < -0.39 is 9.84 Å². The van der Waals surface area contributed by atoms with Crippen molar-refractivity contribution in [2.75, 3.05) is 12.4 Å². The number of ether oxygens (including phenoxy) is 1. The van der Waals surface area contributed by atoms with Crippen LogP contribution in [0, 0.1) is 0 Å². The van der Waals surface area contributed by atoms with Crippen LogP contribution >= 0.6 is 31.9 Å². The molecule has 1 aromatic carbocycles. The van der Waals surface area contributed by atoms with Crippen molar-refractivity contribution in [3.63, 3.8) is 0 Å². The Morgan fingerprint density at radius 1 is 1.33 bits per heavy atom. The standard InChI is InChI=1S/C12H16Br2O3S/c1-9(2)18(15,16)6-5-17-11-3-4-12(14)10(7-11)8-13/h3-4,7,9H,5-6,8H2,1-2H3. The predicted molar refractivity (Wildman–Crippen MR) is 81.2 cm³/mol. The first-order valence-corrected chi connectivity index (χ1v) is 9.18. The van der Waals surface area contributed by atoms with Gasteiger partial charge in [-0.15, -0.1) is 0 Å². The highest BCUT2D eigenvalue weighted by Crippen LogP contribution is 2.24. The minimum absolute atomic E-state index is 0.0460. The summed E-state index contributed by atoms with van der Waals surface area (Å²) in [4.78, 5) is 0. The molecule has 3 nitrogen and oxygen atoms in total. The maximum absolute atomic E-state index is 11.6. The molecule has 0 aliphatic rings. The summed E-state index contributed by atoms with van der Waals surface area (Å²) in [7, 11) is -3.04. The van der Waals surface area contributed by atoms with Gasteiger partial charge in [0.25, 0.3) is 0 Å². The predicted octanol–water partition coefficient (Wildman–Crippen LogP) is 3.55. The Hall–Kier alpha value is -0.0700. The average molecular weight is 400 g/mol. The molecular weight excluding hydrogens is 384 g/mol. The Labute approximate surface area is 125 Å². The fourth-order valence-electron chi connectivity index (χ4n) is 1.25. The zero-order chi connectivity index (χ0) is 13.8. The largest absolute Gasteiger partial charge is 0.493 e. The molecule has 1 aromatic rings. The third-order valence-electron chi connectivity index (χ3n) is 2.52. The van der Waals surface area contributed by atoms with Crippen LogP contribution in [0.5, 0.6) is 5.75 Å². The van der Waals surface area contributed by atoms with Crippen LogP contribution in [0.4, 0.5) is 0 Å². The van der Waals surface area contributed by atoms with Gasteiger partial charge in [0.05, 0.1) is 11.0 Å². The summed E-state index contributed by atoms with van der Waals surface area (Å²) in [6, 6.07) is 5.60. The summed E-state index contributed by atoms with van der Waals surface area (Å²) < 4.78 is 29.7. The van der Waals surface area contributed by atoms with Gasteiger partial charge in [-0.05, 0) is 37.6 Å². The highest BCUT2D eigenvalue weighted by Gasteiger charge is 2.15. The molecule has 1 rings (SSSR count). The lowest BCUT2D eigenvalue weighted by molar-refractivity contribution is 0.340. The third kappa shape index (κ3) is 4.55. The van der Waals surface area contributed by atoms with Crippen molar-refractivity contribution in [2.24, 2.45) is 0 Å². The first-order chi connectivity index (χ1) is 8.36. The normalized spacial score (nSPS) is 11.8. The van der Waals surface area contributed by atoms with E-state index in [1.807, 2.05) is 18.2 Å². The van der Waals surface area contributed by atoms with Gasteiger partial charge in [0.2, 0.25) is 0 Å². The van der Waals surface area contributed by atoms with Gasteiger partial charge >= 0.3 is 0 Å². The van der Waals surface area contributed by atoms with E-state index in [2.05, 4.69) is 31.9 Å². The van der Waals surface area contributed by atoms with Crippen LogP contribution in [0.25, 0.3) is 0 Å². The zero-order valence-electron chi connectivity index (χ0n) is 10.3. The molecule has 0 amide bonds. The van der Waals surface area contributed by atoms with Crippen molar-refractivity contribution >= 4 is 41.7 Å². The van der Waals surface area contributed by atoms with Crippen molar-refractivity contribution in [2.45, 2.75) is 24.4 Å². The zero-order valence-corrected chi connectivity index (χ0v) is 14.3. The number of alkyl halides is 1. The van der Waals surface area contributed by atoms with E-state index in [0.29, 0.717) is 5.75 Å². The molecule has 0 unspecified atom stereocenters. The molecule has 0 N–H and O–H groups in total. The maximum Gasteiger partial charge on any atom is 0.155 e. The van der Waals surface area contributed by atoms with Gasteiger partial charge in [0, 0.05) is 9.80 Å². The molecule has 0 saturated carbocycles. The van der Waals surface area contributed by atoms with E-state index in [-0.39, 0.29) is 17.6 Å². The van der Waals surface area contributed by atoms with Gasteiger partial charge in [-0.25, -0.2) is 8.42 Å².